The van der Waals surface area contributed by atoms with Gasteiger partial charge in [-0.1, -0.05) is 11.6 Å². The Kier molecular flexibility index (Phi) is 4.24. The van der Waals surface area contributed by atoms with Gasteiger partial charge in [0.1, 0.15) is 0 Å². The predicted molar refractivity (Wildman–Crippen MR) is 89.0 cm³/mol. The fourth-order valence-corrected chi connectivity index (χ4v) is 3.52. The molecular formula is C12H14Cl2N6S. The van der Waals surface area contributed by atoms with Gasteiger partial charge in [-0.15, -0.1) is 0 Å². The molecule has 0 aromatic carbocycles. The molecule has 1 aliphatic rings. The van der Waals surface area contributed by atoms with Gasteiger partial charge >= 0.3 is 0 Å². The predicted octanol–water partition coefficient (Wildman–Crippen LogP) is 2.35. The topological polar surface area (TPSA) is 58.0 Å². The second kappa shape index (κ2) is 5.98. The zero-order valence-electron chi connectivity index (χ0n) is 11.7. The third kappa shape index (κ3) is 2.95. The van der Waals surface area contributed by atoms with Crippen molar-refractivity contribution in [2.24, 2.45) is 0 Å². The average Bonchev–Trinajstić information content (AvgIpc) is 2.47. The molecule has 2 aromatic rings. The lowest BCUT2D eigenvalue weighted by Crippen LogP contribution is -2.33. The summed E-state index contributed by atoms with van der Waals surface area (Å²) in [7, 11) is 3.71. The van der Waals surface area contributed by atoms with Crippen molar-refractivity contribution in [3.8, 4) is 0 Å². The molecule has 0 amide bonds. The zero-order valence-corrected chi connectivity index (χ0v) is 14.0. The standard InChI is InChI=1S/C12H14Cl2N6S/c1-19(2)11-8(13)15-7-9(16-11)17-12(14)18-10(7)20-3-5-21-6-4-20/h3-6H2,1-2H3. The van der Waals surface area contributed by atoms with E-state index in [-0.39, 0.29) is 5.28 Å². The Bertz CT molecular complexity index is 674. The Balaban J connectivity index is 2.17. The number of anilines is 2. The molecule has 0 unspecified atom stereocenters. The molecule has 0 radical (unpaired) electrons. The maximum Gasteiger partial charge on any atom is 0.226 e. The molecule has 0 spiro atoms. The minimum absolute atomic E-state index is 0.178. The van der Waals surface area contributed by atoms with Gasteiger partial charge in [-0.2, -0.15) is 21.7 Å². The average molecular weight is 345 g/mol. The van der Waals surface area contributed by atoms with E-state index in [0.29, 0.717) is 28.0 Å². The van der Waals surface area contributed by atoms with E-state index in [9.17, 15) is 0 Å². The Morgan fingerprint density at radius 2 is 1.76 bits per heavy atom. The van der Waals surface area contributed by atoms with Crippen LogP contribution in [0.2, 0.25) is 10.4 Å². The van der Waals surface area contributed by atoms with Crippen LogP contribution in [-0.4, -0.2) is 58.6 Å². The smallest absolute Gasteiger partial charge is 0.226 e. The summed E-state index contributed by atoms with van der Waals surface area (Å²) in [6, 6.07) is 0. The van der Waals surface area contributed by atoms with Crippen LogP contribution in [0.3, 0.4) is 0 Å². The lowest BCUT2D eigenvalue weighted by molar-refractivity contribution is 0.839. The third-order valence-electron chi connectivity index (χ3n) is 3.16. The van der Waals surface area contributed by atoms with Crippen molar-refractivity contribution in [1.82, 2.24) is 19.9 Å². The van der Waals surface area contributed by atoms with E-state index in [4.69, 9.17) is 23.2 Å². The van der Waals surface area contributed by atoms with Crippen LogP contribution in [0.5, 0.6) is 0 Å². The molecule has 0 bridgehead atoms. The maximum absolute atomic E-state index is 6.22. The van der Waals surface area contributed by atoms with E-state index in [0.717, 1.165) is 24.6 Å². The lowest BCUT2D eigenvalue weighted by atomic mass is 10.4. The Hall–Kier alpha value is -1.05. The lowest BCUT2D eigenvalue weighted by Gasteiger charge is -2.27. The van der Waals surface area contributed by atoms with E-state index in [1.807, 2.05) is 25.9 Å². The second-order valence-electron chi connectivity index (χ2n) is 4.82. The van der Waals surface area contributed by atoms with Crippen LogP contribution < -0.4 is 9.80 Å². The van der Waals surface area contributed by atoms with Gasteiger partial charge in [0.2, 0.25) is 5.28 Å². The Labute approximate surface area is 136 Å². The van der Waals surface area contributed by atoms with Gasteiger partial charge in [-0.25, -0.2) is 9.97 Å². The summed E-state index contributed by atoms with van der Waals surface area (Å²) >= 11 is 14.2. The molecule has 6 nitrogen and oxygen atoms in total. The molecule has 1 aliphatic heterocycles. The van der Waals surface area contributed by atoms with Crippen molar-refractivity contribution >= 4 is 57.8 Å². The van der Waals surface area contributed by atoms with Gasteiger partial charge in [-0.3, -0.25) is 0 Å². The first-order valence-electron chi connectivity index (χ1n) is 6.47. The van der Waals surface area contributed by atoms with Gasteiger partial charge in [0.15, 0.2) is 28.0 Å². The minimum Gasteiger partial charge on any atom is -0.360 e. The Morgan fingerprint density at radius 1 is 1.05 bits per heavy atom. The first kappa shape index (κ1) is 14.9. The van der Waals surface area contributed by atoms with Crippen molar-refractivity contribution in [1.29, 1.82) is 0 Å². The van der Waals surface area contributed by atoms with Crippen LogP contribution in [-0.2, 0) is 0 Å². The van der Waals surface area contributed by atoms with Gasteiger partial charge in [0.25, 0.3) is 0 Å². The molecule has 0 atom stereocenters. The second-order valence-corrected chi connectivity index (χ2v) is 6.74. The van der Waals surface area contributed by atoms with Gasteiger partial charge in [-0.05, 0) is 11.6 Å². The first-order chi connectivity index (χ1) is 10.1. The highest BCUT2D eigenvalue weighted by atomic mass is 35.5. The molecule has 2 aromatic heterocycles. The molecule has 21 heavy (non-hydrogen) atoms. The van der Waals surface area contributed by atoms with E-state index in [1.165, 1.54) is 0 Å². The van der Waals surface area contributed by atoms with Gasteiger partial charge in [0.05, 0.1) is 0 Å². The van der Waals surface area contributed by atoms with Crippen LogP contribution in [0.4, 0.5) is 11.6 Å². The zero-order chi connectivity index (χ0) is 15.0. The molecule has 0 aliphatic carbocycles. The quantitative estimate of drug-likeness (QED) is 0.775. The monoisotopic (exact) mass is 344 g/mol. The fraction of sp³-hybridized carbons (Fsp3) is 0.500. The maximum atomic E-state index is 6.22. The van der Waals surface area contributed by atoms with Crippen LogP contribution in [0, 0.1) is 0 Å². The summed E-state index contributed by atoms with van der Waals surface area (Å²) < 4.78 is 0. The van der Waals surface area contributed by atoms with Gasteiger partial charge < -0.3 is 9.80 Å². The number of fused-ring (bicyclic) bond motifs is 1. The largest absolute Gasteiger partial charge is 0.360 e. The van der Waals surface area contributed by atoms with E-state index < -0.39 is 0 Å². The highest BCUT2D eigenvalue weighted by Crippen LogP contribution is 2.29. The first-order valence-corrected chi connectivity index (χ1v) is 8.38. The summed E-state index contributed by atoms with van der Waals surface area (Å²) in [5.41, 5.74) is 1.07. The highest BCUT2D eigenvalue weighted by molar-refractivity contribution is 7.99. The van der Waals surface area contributed by atoms with Crippen LogP contribution in [0.25, 0.3) is 11.2 Å². The van der Waals surface area contributed by atoms with Crippen LogP contribution in [0.1, 0.15) is 0 Å². The van der Waals surface area contributed by atoms with Crippen molar-refractivity contribution in [3.05, 3.63) is 10.4 Å². The molecular weight excluding hydrogens is 331 g/mol. The molecule has 1 saturated heterocycles. The summed E-state index contributed by atoms with van der Waals surface area (Å²) in [4.78, 5) is 21.4. The number of nitrogens with zero attached hydrogens (tertiary/aromatic N) is 6. The molecule has 9 heteroatoms. The third-order valence-corrected chi connectivity index (χ3v) is 4.53. The summed E-state index contributed by atoms with van der Waals surface area (Å²) in [6.07, 6.45) is 0. The molecule has 1 fully saturated rings. The van der Waals surface area contributed by atoms with Crippen molar-refractivity contribution < 1.29 is 0 Å². The molecule has 112 valence electrons. The van der Waals surface area contributed by atoms with E-state index in [2.05, 4.69) is 24.8 Å². The van der Waals surface area contributed by atoms with E-state index >= 15 is 0 Å². The SMILES string of the molecule is CN(C)c1nc2nc(Cl)nc(N3CCSCC3)c2nc1Cl. The van der Waals surface area contributed by atoms with Crippen LogP contribution >= 0.6 is 35.0 Å². The van der Waals surface area contributed by atoms with Gasteiger partial charge in [0, 0.05) is 38.7 Å². The van der Waals surface area contributed by atoms with Crippen molar-refractivity contribution in [2.45, 2.75) is 0 Å². The molecule has 3 heterocycles. The minimum atomic E-state index is 0.178. The molecule has 3 rings (SSSR count). The summed E-state index contributed by atoms with van der Waals surface area (Å²) in [5, 5.41) is 0.517. The number of hydrogen-bond acceptors (Lipinski definition) is 7. The summed E-state index contributed by atoms with van der Waals surface area (Å²) in [5.74, 6) is 3.39. The fourth-order valence-electron chi connectivity index (χ4n) is 2.16. The number of halogens is 2. The van der Waals surface area contributed by atoms with Crippen molar-refractivity contribution in [3.63, 3.8) is 0 Å². The number of thioether (sulfide) groups is 1. The molecule has 0 N–H and O–H groups in total. The summed E-state index contributed by atoms with van der Waals surface area (Å²) in [6.45, 7) is 1.81. The normalized spacial score (nSPS) is 15.5. The highest BCUT2D eigenvalue weighted by Gasteiger charge is 2.20. The Morgan fingerprint density at radius 3 is 2.43 bits per heavy atom. The van der Waals surface area contributed by atoms with Crippen LogP contribution in [0.15, 0.2) is 0 Å². The van der Waals surface area contributed by atoms with E-state index in [1.54, 1.807) is 4.90 Å². The number of rotatable bonds is 2. The number of aromatic nitrogens is 4. The molecule has 0 saturated carbocycles. The van der Waals surface area contributed by atoms with Crippen molar-refractivity contribution in [2.75, 3.05) is 48.5 Å². The number of hydrogen-bond donors (Lipinski definition) is 0.